The number of aromatic nitrogens is 3. The van der Waals surface area contributed by atoms with E-state index in [2.05, 4.69) is 53.1 Å². The number of hydrogen-bond donors (Lipinski definition) is 0. The molecule has 10 rings (SSSR count). The maximum atomic E-state index is 6.50. The Morgan fingerprint density at radius 2 is 1.26 bits per heavy atom. The van der Waals surface area contributed by atoms with Crippen molar-refractivity contribution in [3.05, 3.63) is 146 Å². The fourth-order valence-electron chi connectivity index (χ4n) is 6.81. The third-order valence-corrected chi connectivity index (χ3v) is 8.93. The molecule has 0 aliphatic carbocycles. The summed E-state index contributed by atoms with van der Waals surface area (Å²) < 4.78 is 15.2. The van der Waals surface area contributed by atoms with Crippen LogP contribution in [0.2, 0.25) is 0 Å². The molecule has 8 aromatic rings. The number of imidazole rings is 1. The van der Waals surface area contributed by atoms with E-state index < -0.39 is 0 Å². The first-order chi connectivity index (χ1) is 22.8. The minimum Gasteiger partial charge on any atom is -0.503 e. The first-order valence-electron chi connectivity index (χ1n) is 15.3. The van der Waals surface area contributed by atoms with Crippen LogP contribution in [0.25, 0.3) is 50.1 Å². The summed E-state index contributed by atoms with van der Waals surface area (Å²) in [5, 5.41) is 2.24. The summed E-state index contributed by atoms with van der Waals surface area (Å²) in [6.45, 7) is -0.200. The number of hydrogen-bond acceptors (Lipinski definition) is 4. The van der Waals surface area contributed by atoms with Gasteiger partial charge in [-0.3, -0.25) is 4.98 Å². The van der Waals surface area contributed by atoms with Crippen LogP contribution in [-0.4, -0.2) is 21.2 Å². The van der Waals surface area contributed by atoms with Crippen molar-refractivity contribution < 1.29 is 30.5 Å². The second-order valence-electron chi connectivity index (χ2n) is 11.6. The minimum absolute atomic E-state index is 0. The van der Waals surface area contributed by atoms with Crippen molar-refractivity contribution in [1.82, 2.24) is 14.5 Å². The normalized spacial score (nSPS) is 12.4. The van der Waals surface area contributed by atoms with E-state index in [0.29, 0.717) is 0 Å². The second kappa shape index (κ2) is 10.8. The van der Waals surface area contributed by atoms with Crippen LogP contribution < -0.4 is 25.9 Å². The molecule has 222 valence electrons. The Labute approximate surface area is 285 Å². The molecule has 6 aromatic carbocycles. The van der Waals surface area contributed by atoms with Gasteiger partial charge in [-0.2, -0.15) is 0 Å². The first-order valence-corrected chi connectivity index (χ1v) is 15.3. The summed E-state index contributed by atoms with van der Waals surface area (Å²) in [7, 11) is 0. The zero-order chi connectivity index (χ0) is 30.2. The zero-order valence-electron chi connectivity index (χ0n) is 24.8. The van der Waals surface area contributed by atoms with Gasteiger partial charge in [-0.1, -0.05) is 66.7 Å². The molecule has 0 spiro atoms. The van der Waals surface area contributed by atoms with Gasteiger partial charge in [-0.15, -0.1) is 58.5 Å². The molecule has 0 N–H and O–H groups in total. The largest absolute Gasteiger partial charge is 2.00 e. The Morgan fingerprint density at radius 3 is 2.04 bits per heavy atom. The molecule has 2 aliphatic heterocycles. The van der Waals surface area contributed by atoms with E-state index in [9.17, 15) is 0 Å². The van der Waals surface area contributed by atoms with Crippen LogP contribution in [0.15, 0.2) is 134 Å². The van der Waals surface area contributed by atoms with Crippen LogP contribution in [0.4, 0.5) is 0 Å². The number of rotatable bonds is 3. The van der Waals surface area contributed by atoms with Crippen molar-refractivity contribution in [2.45, 2.75) is 0 Å². The summed E-state index contributed by atoms with van der Waals surface area (Å²) in [4.78, 5) is 9.90. The van der Waals surface area contributed by atoms with Gasteiger partial charge in [0.05, 0.1) is 16.9 Å². The SMILES string of the molecule is [Pt+2].[c-]1c(-c2cc3ccccc3cn2)ccc2c1B1c3[c-]c(-c4nc5ccccc5n4-c4ccccc4)ccc3Oc3cccc(c31)O2. The van der Waals surface area contributed by atoms with Crippen LogP contribution in [-0.2, 0) is 21.1 Å². The van der Waals surface area contributed by atoms with E-state index >= 15 is 0 Å². The Morgan fingerprint density at radius 1 is 0.596 bits per heavy atom. The Hall–Kier alpha value is -5.45. The molecule has 0 saturated heterocycles. The van der Waals surface area contributed by atoms with Gasteiger partial charge in [0.15, 0.2) is 0 Å². The van der Waals surface area contributed by atoms with E-state index in [1.54, 1.807) is 0 Å². The molecule has 4 heterocycles. The van der Waals surface area contributed by atoms with E-state index in [0.717, 1.165) is 89.5 Å². The molecule has 47 heavy (non-hydrogen) atoms. The van der Waals surface area contributed by atoms with Gasteiger partial charge in [-0.25, -0.2) is 0 Å². The smallest absolute Gasteiger partial charge is 0.503 e. The van der Waals surface area contributed by atoms with Gasteiger partial charge in [0, 0.05) is 28.8 Å². The molecule has 5 nitrogen and oxygen atoms in total. The predicted molar refractivity (Wildman–Crippen MR) is 183 cm³/mol. The predicted octanol–water partition coefficient (Wildman–Crippen LogP) is 7.23. The quantitative estimate of drug-likeness (QED) is 0.140. The van der Waals surface area contributed by atoms with Gasteiger partial charge in [-0.05, 0) is 52.9 Å². The molecule has 2 aliphatic rings. The molecular formula is C40H22BN3O2Pt. The first kappa shape index (κ1) is 27.8. The average Bonchev–Trinajstić information content (AvgIpc) is 3.51. The van der Waals surface area contributed by atoms with Crippen molar-refractivity contribution in [3.63, 3.8) is 0 Å². The van der Waals surface area contributed by atoms with Crippen LogP contribution in [0.5, 0.6) is 23.0 Å². The van der Waals surface area contributed by atoms with Crippen molar-refractivity contribution >= 4 is 44.9 Å². The monoisotopic (exact) mass is 782 g/mol. The maximum absolute atomic E-state index is 6.50. The third kappa shape index (κ3) is 4.36. The number of fused-ring (bicyclic) bond motifs is 6. The van der Waals surface area contributed by atoms with Gasteiger partial charge >= 0.3 is 21.1 Å². The second-order valence-corrected chi connectivity index (χ2v) is 11.6. The minimum atomic E-state index is -0.200. The number of benzene rings is 6. The molecule has 2 aromatic heterocycles. The molecule has 0 bridgehead atoms. The number of para-hydroxylation sites is 3. The van der Waals surface area contributed by atoms with Crippen molar-refractivity contribution in [2.75, 3.05) is 0 Å². The fraction of sp³-hybridized carbons (Fsp3) is 0. The summed E-state index contributed by atoms with van der Waals surface area (Å²) in [6.07, 6.45) is 1.92. The molecule has 0 unspecified atom stereocenters. The summed E-state index contributed by atoms with van der Waals surface area (Å²) in [5.41, 5.74) is 8.49. The summed E-state index contributed by atoms with van der Waals surface area (Å²) >= 11 is 0. The van der Waals surface area contributed by atoms with Crippen LogP contribution in [0, 0.1) is 12.1 Å². The number of pyridine rings is 1. The van der Waals surface area contributed by atoms with E-state index in [1.165, 1.54) is 0 Å². The fourth-order valence-corrected chi connectivity index (χ4v) is 6.81. The van der Waals surface area contributed by atoms with Crippen molar-refractivity contribution in [3.8, 4) is 51.3 Å². The van der Waals surface area contributed by atoms with Crippen molar-refractivity contribution in [2.24, 2.45) is 0 Å². The Balaban J connectivity index is 0.00000302. The van der Waals surface area contributed by atoms with Gasteiger partial charge in [0.25, 0.3) is 0 Å². The molecule has 0 fully saturated rings. The van der Waals surface area contributed by atoms with E-state index in [4.69, 9.17) is 19.4 Å². The third-order valence-electron chi connectivity index (χ3n) is 8.93. The summed E-state index contributed by atoms with van der Waals surface area (Å²) in [6, 6.07) is 50.6. The van der Waals surface area contributed by atoms with Gasteiger partial charge < -0.3 is 19.0 Å². The van der Waals surface area contributed by atoms with Gasteiger partial charge in [0.2, 0.25) is 6.71 Å². The Kier molecular flexibility index (Phi) is 6.41. The van der Waals surface area contributed by atoms with E-state index in [-0.39, 0.29) is 27.8 Å². The topological polar surface area (TPSA) is 49.2 Å². The number of nitrogens with zero attached hydrogens (tertiary/aromatic N) is 3. The van der Waals surface area contributed by atoms with Crippen LogP contribution in [0.3, 0.4) is 0 Å². The molecule has 0 radical (unpaired) electrons. The molecule has 0 saturated carbocycles. The zero-order valence-corrected chi connectivity index (χ0v) is 27.0. The van der Waals surface area contributed by atoms with Crippen LogP contribution in [0.1, 0.15) is 0 Å². The summed E-state index contributed by atoms with van der Waals surface area (Å²) in [5.74, 6) is 3.90. The van der Waals surface area contributed by atoms with Crippen LogP contribution >= 0.6 is 0 Å². The molecule has 0 atom stereocenters. The molecular weight excluding hydrogens is 760 g/mol. The number of ether oxygens (including phenoxy) is 2. The van der Waals surface area contributed by atoms with Crippen molar-refractivity contribution in [1.29, 1.82) is 0 Å². The standard InChI is InChI=1S/C40H22BN3O2.Pt/c1-2-11-29(12-3-1)44-34-14-7-6-13-32(34)43-40(44)27-18-20-36-31(22-27)41-30-21-26(33-23-25-9-4-5-10-28(25)24-42-33)17-19-35(30)45-37-15-8-16-38(46-36)39(37)41;/h1-20,23-24H;/q-2;+2. The maximum Gasteiger partial charge on any atom is 2.00 e. The van der Waals surface area contributed by atoms with E-state index in [1.807, 2.05) is 97.2 Å². The Bertz CT molecular complexity index is 2500. The molecule has 0 amide bonds. The average molecular weight is 783 g/mol. The molecule has 7 heteroatoms. The van der Waals surface area contributed by atoms with Gasteiger partial charge in [0.1, 0.15) is 11.5 Å².